The number of nitrogens with one attached hydrogen (secondary N) is 3. The largest absolute Gasteiger partial charge is 0.508 e. The molecule has 4 atom stereocenters. The second kappa shape index (κ2) is 26.0. The molecule has 0 radical (unpaired) electrons. The summed E-state index contributed by atoms with van der Waals surface area (Å²) < 4.78 is 10.5. The average Bonchev–Trinajstić information content (AvgIpc) is 3.12. The van der Waals surface area contributed by atoms with Crippen molar-refractivity contribution in [3.05, 3.63) is 64.7 Å². The number of esters is 1. The van der Waals surface area contributed by atoms with Gasteiger partial charge in [0.25, 0.3) is 0 Å². The van der Waals surface area contributed by atoms with E-state index in [1.165, 1.54) is 13.8 Å². The molecular weight excluding hydrogens is 783 g/mol. The fraction of sp³-hybridized carbons (Fsp3) is 0.578. The number of Topliss-reactive ketones (excluding diaryl/α,β-unsaturated/α-hetero) is 2. The summed E-state index contributed by atoms with van der Waals surface area (Å²) in [5.74, 6) is -2.13. The van der Waals surface area contributed by atoms with Crippen LogP contribution in [0, 0.1) is 19.8 Å². The zero-order valence-corrected chi connectivity index (χ0v) is 37.8. The van der Waals surface area contributed by atoms with E-state index in [2.05, 4.69) is 20.9 Å². The molecule has 0 fully saturated rings. The van der Waals surface area contributed by atoms with E-state index in [4.69, 9.17) is 26.7 Å². The Kier molecular flexibility index (Phi) is 22.8. The van der Waals surface area contributed by atoms with Crippen molar-refractivity contribution < 1.29 is 43.3 Å². The lowest BCUT2D eigenvalue weighted by molar-refractivity contribution is -0.157. The van der Waals surface area contributed by atoms with Crippen molar-refractivity contribution in [3.63, 3.8) is 0 Å². The number of alkyl carbamates (subject to hydrolysis) is 1. The standard InChI is InChI=1S/C24H38N4O5.C21H33N3O4/c1-14-10-18(30)11-15(2)19(14)13-20(16(3)29)28-22(32)17(8-7-9-27-23(25)26)12-21(31)33-24(4,5)6;1-15(25)18(14-16-10-6-5-7-11-16)24-19(26)17(22)12-8-9-13-23-20(27)28-21(2,3)4/h10-11,17,20,30H,7-9,12-13H2,1-6H3,(H,28,32)(H4,25,26,27);5-7,10-11,17-18H,8-9,12-14,22H2,1-4H3,(H,23,27)(H,24,26). The first-order valence-corrected chi connectivity index (χ1v) is 20.7. The number of benzene rings is 2. The summed E-state index contributed by atoms with van der Waals surface area (Å²) >= 11 is 0. The van der Waals surface area contributed by atoms with E-state index >= 15 is 0 Å². The van der Waals surface area contributed by atoms with Gasteiger partial charge >= 0.3 is 12.1 Å². The summed E-state index contributed by atoms with van der Waals surface area (Å²) in [6, 6.07) is 10.7. The number of ketones is 2. The van der Waals surface area contributed by atoms with E-state index in [0.717, 1.165) is 22.3 Å². The minimum Gasteiger partial charge on any atom is -0.508 e. The fourth-order valence-corrected chi connectivity index (χ4v) is 6.09. The minimum atomic E-state index is -0.765. The monoisotopic (exact) mass is 854 g/mol. The molecule has 4 unspecified atom stereocenters. The number of nitrogens with two attached hydrogens (primary N) is 3. The number of carbonyl (C=O) groups excluding carboxylic acids is 6. The number of hydrogen-bond donors (Lipinski definition) is 7. The molecule has 0 aromatic heterocycles. The fourth-order valence-electron chi connectivity index (χ4n) is 6.09. The predicted molar refractivity (Wildman–Crippen MR) is 237 cm³/mol. The molecule has 61 heavy (non-hydrogen) atoms. The summed E-state index contributed by atoms with van der Waals surface area (Å²) in [4.78, 5) is 77.5. The van der Waals surface area contributed by atoms with Gasteiger partial charge in [-0.3, -0.25) is 29.0 Å². The number of aryl methyl sites for hydroxylation is 2. The summed E-state index contributed by atoms with van der Waals surface area (Å²) in [6.45, 7) is 18.0. The quantitative estimate of drug-likeness (QED) is 0.0400. The summed E-state index contributed by atoms with van der Waals surface area (Å²) in [7, 11) is 0. The number of nitrogens with zero attached hydrogens (tertiary/aromatic N) is 1. The van der Waals surface area contributed by atoms with Crippen LogP contribution in [0.4, 0.5) is 4.79 Å². The number of unbranched alkanes of at least 4 members (excludes halogenated alkanes) is 1. The van der Waals surface area contributed by atoms with Gasteiger partial charge in [-0.05, 0) is 142 Å². The molecule has 2 aromatic rings. The minimum absolute atomic E-state index is 0.0422. The molecule has 3 amide bonds. The topological polar surface area (TPSA) is 268 Å². The third-order valence-corrected chi connectivity index (χ3v) is 9.14. The van der Waals surface area contributed by atoms with Crippen LogP contribution in [0.5, 0.6) is 5.75 Å². The molecule has 2 rings (SSSR count). The lowest BCUT2D eigenvalue weighted by Crippen LogP contribution is -2.48. The predicted octanol–water partition coefficient (Wildman–Crippen LogP) is 4.35. The van der Waals surface area contributed by atoms with Crippen LogP contribution in [0.25, 0.3) is 0 Å². The molecule has 0 aliphatic rings. The second-order valence-corrected chi connectivity index (χ2v) is 17.3. The maximum atomic E-state index is 13.1. The summed E-state index contributed by atoms with van der Waals surface area (Å²) in [6.07, 6.45) is 2.81. The first-order chi connectivity index (χ1) is 28.3. The Hall–Kier alpha value is -5.51. The SMILES string of the molecule is CC(=O)C(Cc1c(C)cc(O)cc1C)NC(=O)C(CCCN=C(N)N)CC(=O)OC(C)(C)C.CC(=O)C(Cc1ccccc1)NC(=O)C(N)CCCCNC(=O)OC(C)(C)C. The Morgan fingerprint density at radius 2 is 1.30 bits per heavy atom. The Morgan fingerprint density at radius 1 is 0.754 bits per heavy atom. The number of phenolic OH excluding ortho intramolecular Hbond substituents is 1. The molecule has 16 heteroatoms. The average molecular weight is 854 g/mol. The van der Waals surface area contributed by atoms with Crippen LogP contribution < -0.4 is 33.2 Å². The molecule has 0 bridgehead atoms. The zero-order valence-electron chi connectivity index (χ0n) is 37.8. The van der Waals surface area contributed by atoms with E-state index in [0.29, 0.717) is 51.6 Å². The van der Waals surface area contributed by atoms with E-state index in [-0.39, 0.29) is 42.0 Å². The highest BCUT2D eigenvalue weighted by atomic mass is 16.6. The molecule has 0 aliphatic carbocycles. The van der Waals surface area contributed by atoms with Crippen LogP contribution in [0.2, 0.25) is 0 Å². The number of aromatic hydroxyl groups is 1. The van der Waals surface area contributed by atoms with E-state index in [9.17, 15) is 33.9 Å². The van der Waals surface area contributed by atoms with Gasteiger partial charge in [0.15, 0.2) is 17.5 Å². The number of aliphatic imine (C=N–C) groups is 1. The van der Waals surface area contributed by atoms with Gasteiger partial charge in [0.1, 0.15) is 17.0 Å². The van der Waals surface area contributed by atoms with Gasteiger partial charge in [-0.15, -0.1) is 0 Å². The number of hydrogen-bond acceptors (Lipinski definition) is 11. The number of ether oxygens (including phenoxy) is 2. The number of guanidine groups is 1. The Morgan fingerprint density at radius 3 is 1.82 bits per heavy atom. The third kappa shape index (κ3) is 23.8. The van der Waals surface area contributed by atoms with Crippen molar-refractivity contribution >= 4 is 41.4 Å². The molecule has 340 valence electrons. The van der Waals surface area contributed by atoms with Crippen LogP contribution in [-0.2, 0) is 46.3 Å². The highest BCUT2D eigenvalue weighted by Gasteiger charge is 2.29. The van der Waals surface area contributed by atoms with Gasteiger partial charge in [-0.25, -0.2) is 4.79 Å². The Balaban J connectivity index is 0.000000618. The normalized spacial score (nSPS) is 13.2. The van der Waals surface area contributed by atoms with Crippen molar-refractivity contribution in [3.8, 4) is 5.75 Å². The van der Waals surface area contributed by atoms with Crippen molar-refractivity contribution in [1.82, 2.24) is 16.0 Å². The Bertz CT molecular complexity index is 1760. The first-order valence-electron chi connectivity index (χ1n) is 20.7. The number of carbonyl (C=O) groups is 6. The van der Waals surface area contributed by atoms with Gasteiger partial charge in [0.2, 0.25) is 11.8 Å². The van der Waals surface area contributed by atoms with Gasteiger partial charge < -0.3 is 47.7 Å². The lowest BCUT2D eigenvalue weighted by Gasteiger charge is -2.24. The second-order valence-electron chi connectivity index (χ2n) is 17.3. The molecule has 0 aliphatic heterocycles. The highest BCUT2D eigenvalue weighted by molar-refractivity contribution is 5.91. The van der Waals surface area contributed by atoms with Crippen molar-refractivity contribution in [2.45, 2.75) is 150 Å². The van der Waals surface area contributed by atoms with Crippen LogP contribution in [0.15, 0.2) is 47.5 Å². The van der Waals surface area contributed by atoms with Gasteiger partial charge in [0.05, 0.1) is 24.5 Å². The van der Waals surface area contributed by atoms with Crippen molar-refractivity contribution in [2.75, 3.05) is 13.1 Å². The number of phenols is 1. The van der Waals surface area contributed by atoms with Gasteiger partial charge in [-0.1, -0.05) is 30.3 Å². The molecule has 0 spiro atoms. The van der Waals surface area contributed by atoms with Gasteiger partial charge in [-0.2, -0.15) is 0 Å². The highest BCUT2D eigenvalue weighted by Crippen LogP contribution is 2.23. The molecule has 0 heterocycles. The van der Waals surface area contributed by atoms with Crippen molar-refractivity contribution in [2.24, 2.45) is 28.1 Å². The van der Waals surface area contributed by atoms with Crippen LogP contribution in [-0.4, -0.2) is 88.9 Å². The first kappa shape index (κ1) is 53.5. The summed E-state index contributed by atoms with van der Waals surface area (Å²) in [5, 5.41) is 18.0. The van der Waals surface area contributed by atoms with Gasteiger partial charge in [0, 0.05) is 25.4 Å². The summed E-state index contributed by atoms with van der Waals surface area (Å²) in [5.41, 5.74) is 19.0. The van der Waals surface area contributed by atoms with E-state index in [1.54, 1.807) is 53.7 Å². The molecule has 0 saturated heterocycles. The van der Waals surface area contributed by atoms with Crippen LogP contribution >= 0.6 is 0 Å². The van der Waals surface area contributed by atoms with Crippen LogP contribution in [0.3, 0.4) is 0 Å². The molecular formula is C45H71N7O9. The molecule has 10 N–H and O–H groups in total. The smallest absolute Gasteiger partial charge is 0.407 e. The molecule has 2 aromatic carbocycles. The Labute approximate surface area is 361 Å². The van der Waals surface area contributed by atoms with E-state index < -0.39 is 53.2 Å². The maximum Gasteiger partial charge on any atom is 0.407 e. The van der Waals surface area contributed by atoms with Crippen molar-refractivity contribution in [1.29, 1.82) is 0 Å². The third-order valence-electron chi connectivity index (χ3n) is 9.14. The molecule has 0 saturated carbocycles. The molecule has 16 nitrogen and oxygen atoms in total. The zero-order chi connectivity index (χ0) is 46.5. The number of amides is 3. The maximum absolute atomic E-state index is 13.1. The number of rotatable bonds is 21. The lowest BCUT2D eigenvalue weighted by atomic mass is 9.93. The van der Waals surface area contributed by atoms with E-state index in [1.807, 2.05) is 44.2 Å². The van der Waals surface area contributed by atoms with Crippen LogP contribution in [0.1, 0.15) is 116 Å².